The number of carbonyl (C=O) groups is 1. The molecule has 1 aromatic carbocycles. The summed E-state index contributed by atoms with van der Waals surface area (Å²) in [7, 11) is 4.04. The lowest BCUT2D eigenvalue weighted by Gasteiger charge is -2.39. The molecule has 1 N–H and O–H groups in total. The summed E-state index contributed by atoms with van der Waals surface area (Å²) < 4.78 is 9.47. The summed E-state index contributed by atoms with van der Waals surface area (Å²) in [6.45, 7) is 4.33. The predicted octanol–water partition coefficient (Wildman–Crippen LogP) is 2.59. The Hall–Kier alpha value is -2.64. The Morgan fingerprint density at radius 3 is 2.76 bits per heavy atom. The molecule has 1 saturated heterocycles. The molecule has 0 spiro atoms. The van der Waals surface area contributed by atoms with Crippen molar-refractivity contribution in [1.82, 2.24) is 24.6 Å². The molecule has 3 heterocycles. The zero-order valence-electron chi connectivity index (χ0n) is 17.3. The van der Waals surface area contributed by atoms with Crippen LogP contribution in [-0.4, -0.2) is 64.0 Å². The van der Waals surface area contributed by atoms with Crippen LogP contribution in [-0.2, 0) is 11.8 Å². The fourth-order valence-corrected chi connectivity index (χ4v) is 4.10. The lowest BCUT2D eigenvalue weighted by atomic mass is 10.1. The Bertz CT molecular complexity index is 992. The van der Waals surface area contributed by atoms with Gasteiger partial charge >= 0.3 is 0 Å². The van der Waals surface area contributed by atoms with Crippen molar-refractivity contribution in [2.45, 2.75) is 31.8 Å². The number of rotatable bonds is 6. The van der Waals surface area contributed by atoms with Gasteiger partial charge in [-0.1, -0.05) is 25.1 Å². The molecule has 0 bridgehead atoms. The van der Waals surface area contributed by atoms with E-state index in [0.717, 1.165) is 42.8 Å². The molecule has 154 valence electrons. The average molecular weight is 396 g/mol. The van der Waals surface area contributed by atoms with Crippen LogP contribution in [0.4, 0.5) is 0 Å². The third kappa shape index (κ3) is 3.93. The number of nitrogens with one attached hydrogen (secondary N) is 1. The Balaban J connectivity index is 1.48. The van der Waals surface area contributed by atoms with Crippen molar-refractivity contribution in [2.24, 2.45) is 7.05 Å². The molecule has 1 amide bonds. The third-order valence-corrected chi connectivity index (χ3v) is 5.91. The van der Waals surface area contributed by atoms with Gasteiger partial charge in [0.1, 0.15) is 0 Å². The molecule has 7 heteroatoms. The quantitative estimate of drug-likeness (QED) is 0.697. The van der Waals surface area contributed by atoms with Crippen molar-refractivity contribution in [3.63, 3.8) is 0 Å². The summed E-state index contributed by atoms with van der Waals surface area (Å²) in [4.78, 5) is 15.3. The van der Waals surface area contributed by atoms with Crippen LogP contribution in [0.15, 0.2) is 42.7 Å². The van der Waals surface area contributed by atoms with Crippen molar-refractivity contribution >= 4 is 16.8 Å². The molecule has 1 fully saturated rings. The molecule has 0 aliphatic carbocycles. The highest BCUT2D eigenvalue weighted by Gasteiger charge is 2.27. The lowest BCUT2D eigenvalue weighted by Crippen LogP contribution is -2.50. The summed E-state index contributed by atoms with van der Waals surface area (Å²) >= 11 is 0. The minimum Gasteiger partial charge on any atom is -0.378 e. The number of aromatic nitrogens is 3. The first-order valence-corrected chi connectivity index (χ1v) is 10.3. The van der Waals surface area contributed by atoms with Crippen LogP contribution in [0.5, 0.6) is 0 Å². The van der Waals surface area contributed by atoms with Crippen molar-refractivity contribution in [1.29, 1.82) is 0 Å². The first-order valence-electron chi connectivity index (χ1n) is 10.3. The summed E-state index contributed by atoms with van der Waals surface area (Å²) in [5.74, 6) is 0.747. The van der Waals surface area contributed by atoms with Crippen molar-refractivity contribution in [3.05, 3.63) is 48.3 Å². The molecular weight excluding hydrogens is 366 g/mol. The monoisotopic (exact) mass is 395 g/mol. The number of carbonyl (C=O) groups excluding carboxylic acids is 1. The minimum absolute atomic E-state index is 0.0534. The number of likely N-dealkylation sites (N-methyl/N-ethyl adjacent to an activating group) is 1. The average Bonchev–Trinajstić information content (AvgIpc) is 3.33. The van der Waals surface area contributed by atoms with Gasteiger partial charge in [0, 0.05) is 49.5 Å². The fraction of sp³-hybridized carbons (Fsp3) is 0.455. The Morgan fingerprint density at radius 2 is 2.00 bits per heavy atom. The number of para-hydroxylation sites is 1. The number of benzene rings is 1. The first-order chi connectivity index (χ1) is 14.1. The third-order valence-electron chi connectivity index (χ3n) is 5.91. The molecule has 3 aromatic rings. The summed E-state index contributed by atoms with van der Waals surface area (Å²) in [5.41, 5.74) is 1.65. The molecule has 0 saturated carbocycles. The van der Waals surface area contributed by atoms with Crippen molar-refractivity contribution < 1.29 is 9.53 Å². The number of hydrogen-bond acceptors (Lipinski definition) is 4. The van der Waals surface area contributed by atoms with Crippen LogP contribution in [0.25, 0.3) is 16.7 Å². The molecular formula is C22H29N5O2. The molecule has 2 aromatic heterocycles. The molecule has 2 atom stereocenters. The van der Waals surface area contributed by atoms with Gasteiger partial charge in [0.25, 0.3) is 5.91 Å². The molecule has 7 nitrogen and oxygen atoms in total. The number of amides is 1. The standard InChI is InChI=1S/C22H29N5O2/c1-4-16-14-29-15-17(26(16)3)9-11-23-22(28)19-13-27(21-10-12-25(2)24-21)20-8-6-5-7-18(19)20/h5-8,10,12-13,16-17H,4,9,11,14-15H2,1-3H3,(H,23,28)/t16-,17-/m0/s1. The Kier molecular flexibility index (Phi) is 5.69. The number of nitrogens with zero attached hydrogens (tertiary/aromatic N) is 4. The van der Waals surface area contributed by atoms with E-state index in [9.17, 15) is 4.79 Å². The first kappa shape index (κ1) is 19.7. The van der Waals surface area contributed by atoms with Gasteiger partial charge in [-0.15, -0.1) is 0 Å². The highest BCUT2D eigenvalue weighted by atomic mass is 16.5. The topological polar surface area (TPSA) is 64.3 Å². The van der Waals surface area contributed by atoms with Gasteiger partial charge in [0.05, 0.1) is 24.3 Å². The van der Waals surface area contributed by atoms with Crippen LogP contribution in [0.1, 0.15) is 30.1 Å². The molecule has 4 rings (SSSR count). The number of fused-ring (bicyclic) bond motifs is 1. The van der Waals surface area contributed by atoms with E-state index in [2.05, 4.69) is 29.3 Å². The zero-order chi connectivity index (χ0) is 20.4. The number of hydrogen-bond donors (Lipinski definition) is 1. The van der Waals surface area contributed by atoms with Crippen LogP contribution in [0, 0.1) is 0 Å². The van der Waals surface area contributed by atoms with E-state index >= 15 is 0 Å². The second kappa shape index (κ2) is 8.39. The smallest absolute Gasteiger partial charge is 0.253 e. The maximum atomic E-state index is 13.0. The lowest BCUT2D eigenvalue weighted by molar-refractivity contribution is -0.0389. The van der Waals surface area contributed by atoms with Gasteiger partial charge in [0.15, 0.2) is 5.82 Å². The number of aryl methyl sites for hydroxylation is 1. The van der Waals surface area contributed by atoms with E-state index in [0.29, 0.717) is 24.2 Å². The van der Waals surface area contributed by atoms with Gasteiger partial charge in [-0.25, -0.2) is 0 Å². The molecule has 0 unspecified atom stereocenters. The van der Waals surface area contributed by atoms with Crippen LogP contribution in [0.3, 0.4) is 0 Å². The maximum absolute atomic E-state index is 13.0. The van der Waals surface area contributed by atoms with Gasteiger partial charge < -0.3 is 10.1 Å². The highest BCUT2D eigenvalue weighted by Crippen LogP contribution is 2.24. The van der Waals surface area contributed by atoms with Gasteiger partial charge in [0.2, 0.25) is 0 Å². The second-order valence-corrected chi connectivity index (χ2v) is 7.74. The van der Waals surface area contributed by atoms with Crippen LogP contribution in [0.2, 0.25) is 0 Å². The maximum Gasteiger partial charge on any atom is 0.253 e. The minimum atomic E-state index is -0.0534. The normalized spacial score (nSPS) is 20.2. The van der Waals surface area contributed by atoms with Crippen molar-refractivity contribution in [2.75, 3.05) is 26.8 Å². The molecule has 0 radical (unpaired) electrons. The Labute approximate surface area is 171 Å². The highest BCUT2D eigenvalue weighted by molar-refractivity contribution is 6.07. The SMILES string of the molecule is CC[C@H]1COC[C@H](CCNC(=O)c2cn(-c3ccn(C)n3)c3ccccc23)N1C. The number of morpholine rings is 1. The van der Waals surface area contributed by atoms with Gasteiger partial charge in [-0.05, 0) is 26.0 Å². The van der Waals surface area contributed by atoms with Crippen LogP contribution >= 0.6 is 0 Å². The second-order valence-electron chi connectivity index (χ2n) is 7.74. The fourth-order valence-electron chi connectivity index (χ4n) is 4.10. The van der Waals surface area contributed by atoms with E-state index in [-0.39, 0.29) is 5.91 Å². The zero-order valence-corrected chi connectivity index (χ0v) is 17.3. The van der Waals surface area contributed by atoms with Crippen molar-refractivity contribution in [3.8, 4) is 5.82 Å². The van der Waals surface area contributed by atoms with Crippen LogP contribution < -0.4 is 5.32 Å². The van der Waals surface area contributed by atoms with E-state index in [1.807, 2.05) is 54.3 Å². The van der Waals surface area contributed by atoms with E-state index in [1.54, 1.807) is 4.68 Å². The van der Waals surface area contributed by atoms with E-state index in [1.165, 1.54) is 0 Å². The summed E-state index contributed by atoms with van der Waals surface area (Å²) in [6, 6.07) is 10.7. The largest absolute Gasteiger partial charge is 0.378 e. The van der Waals surface area contributed by atoms with Gasteiger partial charge in [-0.2, -0.15) is 5.10 Å². The summed E-state index contributed by atoms with van der Waals surface area (Å²) in [5, 5.41) is 8.51. The Morgan fingerprint density at radius 1 is 1.21 bits per heavy atom. The number of ether oxygens (including phenoxy) is 1. The molecule has 1 aliphatic rings. The molecule has 29 heavy (non-hydrogen) atoms. The van der Waals surface area contributed by atoms with Gasteiger partial charge in [-0.3, -0.25) is 18.9 Å². The predicted molar refractivity (Wildman–Crippen MR) is 113 cm³/mol. The summed E-state index contributed by atoms with van der Waals surface area (Å²) in [6.07, 6.45) is 5.73. The van der Waals surface area contributed by atoms with E-state index < -0.39 is 0 Å². The molecule has 1 aliphatic heterocycles. The van der Waals surface area contributed by atoms with E-state index in [4.69, 9.17) is 4.74 Å².